The zero-order valence-electron chi connectivity index (χ0n) is 15.7. The van der Waals surface area contributed by atoms with Gasteiger partial charge in [0.25, 0.3) is 0 Å². The Morgan fingerprint density at radius 2 is 1.79 bits per heavy atom. The van der Waals surface area contributed by atoms with E-state index in [1.165, 1.54) is 0 Å². The van der Waals surface area contributed by atoms with E-state index in [1.54, 1.807) is 6.92 Å². The highest BCUT2D eigenvalue weighted by Crippen LogP contribution is 2.11. The number of nitrogens with zero attached hydrogens (tertiary/aromatic N) is 2. The number of rotatable bonds is 7. The van der Waals surface area contributed by atoms with Crippen LogP contribution < -0.4 is 5.32 Å². The van der Waals surface area contributed by atoms with Crippen LogP contribution in [0.2, 0.25) is 0 Å². The van der Waals surface area contributed by atoms with Crippen molar-refractivity contribution in [2.24, 2.45) is 9.98 Å². The number of esters is 1. The van der Waals surface area contributed by atoms with Crippen LogP contribution in [0.25, 0.3) is 0 Å². The van der Waals surface area contributed by atoms with Crippen LogP contribution in [-0.2, 0) is 20.9 Å². The van der Waals surface area contributed by atoms with E-state index in [4.69, 9.17) is 9.47 Å². The molecule has 1 amide bonds. The van der Waals surface area contributed by atoms with Crippen molar-refractivity contribution in [1.29, 1.82) is 0 Å². The number of carbonyl (C=O) groups is 2. The number of benzene rings is 2. The van der Waals surface area contributed by atoms with Crippen molar-refractivity contribution in [1.82, 2.24) is 5.32 Å². The molecule has 0 bridgehead atoms. The Bertz CT molecular complexity index is 884. The van der Waals surface area contributed by atoms with Crippen LogP contribution in [0.15, 0.2) is 76.5 Å². The van der Waals surface area contributed by atoms with E-state index < -0.39 is 12.1 Å². The molecule has 0 saturated heterocycles. The Labute approximate surface area is 163 Å². The number of nitrogens with one attached hydrogen (secondary N) is 1. The second-order valence-corrected chi connectivity index (χ2v) is 5.63. The lowest BCUT2D eigenvalue weighted by Gasteiger charge is -2.09. The molecular formula is C21H21N3O4. The summed E-state index contributed by atoms with van der Waals surface area (Å²) in [5, 5.41) is 2.33. The minimum Gasteiger partial charge on any atom is -0.461 e. The Balaban J connectivity index is 2.02. The summed E-state index contributed by atoms with van der Waals surface area (Å²) in [6, 6.07) is 19.1. The zero-order chi connectivity index (χ0) is 20.2. The second-order valence-electron chi connectivity index (χ2n) is 5.63. The molecule has 7 nitrogen and oxygen atoms in total. The molecular weight excluding hydrogens is 358 g/mol. The number of alkyl carbamates (subject to hydrolysis) is 1. The fourth-order valence-corrected chi connectivity index (χ4v) is 2.01. The molecule has 0 radical (unpaired) electrons. The predicted molar refractivity (Wildman–Crippen MR) is 105 cm³/mol. The highest BCUT2D eigenvalue weighted by Gasteiger charge is 2.15. The molecule has 0 heterocycles. The summed E-state index contributed by atoms with van der Waals surface area (Å²) in [5.74, 6) is -0.736. The van der Waals surface area contributed by atoms with Crippen molar-refractivity contribution >= 4 is 23.8 Å². The number of amides is 1. The first-order valence-corrected chi connectivity index (χ1v) is 8.65. The molecule has 1 N–H and O–H groups in total. The highest BCUT2D eigenvalue weighted by atomic mass is 16.6. The maximum atomic E-state index is 12.0. The first-order chi connectivity index (χ1) is 13.6. The highest BCUT2D eigenvalue weighted by molar-refractivity contribution is 5.92. The third-order valence-corrected chi connectivity index (χ3v) is 3.41. The maximum Gasteiger partial charge on any atom is 0.412 e. The summed E-state index contributed by atoms with van der Waals surface area (Å²) in [5.41, 5.74) is 2.42. The van der Waals surface area contributed by atoms with Crippen molar-refractivity contribution in [3.05, 3.63) is 77.6 Å². The Kier molecular flexibility index (Phi) is 8.17. The molecule has 0 spiro atoms. The van der Waals surface area contributed by atoms with E-state index in [0.29, 0.717) is 5.69 Å². The second kappa shape index (κ2) is 11.1. The van der Waals surface area contributed by atoms with Crippen LogP contribution in [0.1, 0.15) is 18.1 Å². The smallest absolute Gasteiger partial charge is 0.412 e. The molecule has 2 rings (SSSR count). The molecule has 0 aliphatic rings. The zero-order valence-corrected chi connectivity index (χ0v) is 15.7. The molecule has 0 aliphatic heterocycles. The topological polar surface area (TPSA) is 89.4 Å². The van der Waals surface area contributed by atoms with Gasteiger partial charge in [0.2, 0.25) is 0 Å². The molecule has 2 aromatic carbocycles. The van der Waals surface area contributed by atoms with Gasteiger partial charge in [0.15, 0.2) is 0 Å². The summed E-state index contributed by atoms with van der Waals surface area (Å²) in [6.07, 6.45) is 0.313. The van der Waals surface area contributed by atoms with Crippen molar-refractivity contribution in [2.45, 2.75) is 20.5 Å². The van der Waals surface area contributed by atoms with Crippen LogP contribution in [0.5, 0.6) is 0 Å². The Morgan fingerprint density at radius 1 is 1.07 bits per heavy atom. The van der Waals surface area contributed by atoms with Crippen LogP contribution in [0.4, 0.5) is 10.5 Å². The van der Waals surface area contributed by atoms with Gasteiger partial charge in [0.05, 0.1) is 24.5 Å². The molecule has 7 heteroatoms. The molecule has 0 fully saturated rings. The number of carbonyl (C=O) groups excluding carboxylic acids is 2. The molecule has 0 unspecified atom stereocenters. The van der Waals surface area contributed by atoms with Crippen LogP contribution in [-0.4, -0.2) is 24.7 Å². The number of ether oxygens (including phenoxy) is 2. The summed E-state index contributed by atoms with van der Waals surface area (Å²) in [4.78, 5) is 31.8. The molecule has 0 saturated carbocycles. The van der Waals surface area contributed by atoms with Gasteiger partial charge in [-0.25, -0.2) is 9.59 Å². The van der Waals surface area contributed by atoms with E-state index in [2.05, 4.69) is 21.3 Å². The van der Waals surface area contributed by atoms with Gasteiger partial charge < -0.3 is 9.47 Å². The number of aryl methyl sites for hydroxylation is 1. The largest absolute Gasteiger partial charge is 0.461 e. The molecule has 0 aromatic heterocycles. The number of hydrogen-bond donors (Lipinski definition) is 1. The lowest BCUT2D eigenvalue weighted by Crippen LogP contribution is -2.29. The van der Waals surface area contributed by atoms with Crippen molar-refractivity contribution in [3.8, 4) is 0 Å². The SMILES string of the molecule is CCOC(=O)/C(=C/N=C=Nc1ccc(C)cc1)NC(=O)OCc1ccccc1. The molecule has 2 aromatic rings. The normalized spacial score (nSPS) is 10.4. The first-order valence-electron chi connectivity index (χ1n) is 8.65. The lowest BCUT2D eigenvalue weighted by molar-refractivity contribution is -0.138. The molecule has 28 heavy (non-hydrogen) atoms. The van der Waals surface area contributed by atoms with Gasteiger partial charge in [-0.15, -0.1) is 0 Å². The van der Waals surface area contributed by atoms with Crippen molar-refractivity contribution < 1.29 is 19.1 Å². The van der Waals surface area contributed by atoms with Gasteiger partial charge in [0, 0.05) is 0 Å². The van der Waals surface area contributed by atoms with Crippen molar-refractivity contribution in [2.75, 3.05) is 6.61 Å². The fraction of sp³-hybridized carbons (Fsp3) is 0.190. The van der Waals surface area contributed by atoms with Crippen LogP contribution in [0, 0.1) is 6.92 Å². The quantitative estimate of drug-likeness (QED) is 0.445. The van der Waals surface area contributed by atoms with E-state index in [-0.39, 0.29) is 18.9 Å². The van der Waals surface area contributed by atoms with Gasteiger partial charge in [0.1, 0.15) is 12.3 Å². The minimum atomic E-state index is -0.797. The number of aliphatic imine (C=N–C) groups is 2. The summed E-state index contributed by atoms with van der Waals surface area (Å²) in [7, 11) is 0. The Hall–Kier alpha value is -3.70. The van der Waals surface area contributed by atoms with Gasteiger partial charge in [-0.3, -0.25) is 5.32 Å². The number of hydrogen-bond acceptors (Lipinski definition) is 6. The summed E-state index contributed by atoms with van der Waals surface area (Å²) >= 11 is 0. The van der Waals surface area contributed by atoms with E-state index in [1.807, 2.05) is 61.5 Å². The third kappa shape index (κ3) is 7.27. The average molecular weight is 379 g/mol. The maximum absolute atomic E-state index is 12.0. The monoisotopic (exact) mass is 379 g/mol. The summed E-state index contributed by atoms with van der Waals surface area (Å²) < 4.78 is 9.99. The van der Waals surface area contributed by atoms with Gasteiger partial charge in [-0.1, -0.05) is 48.0 Å². The van der Waals surface area contributed by atoms with Crippen LogP contribution >= 0.6 is 0 Å². The fourth-order valence-electron chi connectivity index (χ4n) is 2.01. The molecule has 0 aliphatic carbocycles. The van der Waals surface area contributed by atoms with Crippen molar-refractivity contribution in [3.63, 3.8) is 0 Å². The average Bonchev–Trinajstić information content (AvgIpc) is 2.71. The minimum absolute atomic E-state index is 0.0704. The molecule has 144 valence electrons. The predicted octanol–water partition coefficient (Wildman–Crippen LogP) is 4.13. The van der Waals surface area contributed by atoms with E-state index in [9.17, 15) is 9.59 Å². The molecule has 0 atom stereocenters. The van der Waals surface area contributed by atoms with E-state index in [0.717, 1.165) is 17.3 Å². The van der Waals surface area contributed by atoms with Gasteiger partial charge >= 0.3 is 12.1 Å². The van der Waals surface area contributed by atoms with Gasteiger partial charge in [-0.05, 0) is 31.5 Å². The first kappa shape index (κ1) is 20.6. The van der Waals surface area contributed by atoms with E-state index >= 15 is 0 Å². The lowest BCUT2D eigenvalue weighted by atomic mass is 10.2. The Morgan fingerprint density at radius 3 is 2.46 bits per heavy atom. The van der Waals surface area contributed by atoms with Gasteiger partial charge in [-0.2, -0.15) is 9.98 Å². The summed E-state index contributed by atoms with van der Waals surface area (Å²) in [6.45, 7) is 3.85. The third-order valence-electron chi connectivity index (χ3n) is 3.41. The standard InChI is InChI=1S/C21H21N3O4/c1-3-27-20(25)19(13-22-15-23-18-11-9-16(2)10-12-18)24-21(26)28-14-17-7-5-4-6-8-17/h4-13H,3,14H2,1-2H3,(H,24,26)/b19-13-. The van der Waals surface area contributed by atoms with Crippen LogP contribution in [0.3, 0.4) is 0 Å².